The van der Waals surface area contributed by atoms with E-state index >= 15 is 0 Å². The lowest BCUT2D eigenvalue weighted by atomic mass is 9.94. The highest BCUT2D eigenvalue weighted by Crippen LogP contribution is 2.30. The van der Waals surface area contributed by atoms with Gasteiger partial charge in [0.05, 0.1) is 18.2 Å². The molecule has 5 N–H and O–H groups in total. The van der Waals surface area contributed by atoms with E-state index in [9.17, 15) is 5.11 Å². The predicted molar refractivity (Wildman–Crippen MR) is 80.8 cm³/mol. The Morgan fingerprint density at radius 2 is 2.14 bits per heavy atom. The van der Waals surface area contributed by atoms with Crippen molar-refractivity contribution in [2.24, 2.45) is 5.84 Å². The third kappa shape index (κ3) is 2.77. The average Bonchev–Trinajstić information content (AvgIpc) is 3.01. The van der Waals surface area contributed by atoms with Crippen molar-refractivity contribution in [1.82, 2.24) is 20.2 Å². The average molecular weight is 291 g/mol. The third-order valence-electron chi connectivity index (χ3n) is 4.05. The van der Waals surface area contributed by atoms with Crippen LogP contribution >= 0.6 is 0 Å². The van der Waals surface area contributed by atoms with Gasteiger partial charge >= 0.3 is 0 Å². The molecule has 0 atom stereocenters. The zero-order valence-corrected chi connectivity index (χ0v) is 11.9. The second kappa shape index (κ2) is 6.23. The molecule has 3 rings (SSSR count). The number of hydrogen-bond acceptors (Lipinski definition) is 7. The van der Waals surface area contributed by atoms with Crippen LogP contribution in [0.25, 0.3) is 11.0 Å². The van der Waals surface area contributed by atoms with Crippen LogP contribution in [-0.4, -0.2) is 44.5 Å². The molecule has 2 aromatic rings. The monoisotopic (exact) mass is 291 g/mol. The molecule has 1 fully saturated rings. The number of aromatic nitrogens is 4. The zero-order chi connectivity index (χ0) is 14.7. The number of hydrazine groups is 1. The Morgan fingerprint density at radius 1 is 1.33 bits per heavy atom. The molecule has 0 radical (unpaired) electrons. The normalized spacial score (nSPS) is 16.3. The summed E-state index contributed by atoms with van der Waals surface area (Å²) < 4.78 is 0. The number of nitrogen functional groups attached to an aromatic ring is 1. The number of hydrogen-bond donors (Lipinski definition) is 4. The number of aromatic amines is 1. The van der Waals surface area contributed by atoms with Crippen LogP contribution in [0.2, 0.25) is 0 Å². The number of H-pyrrole nitrogens is 1. The van der Waals surface area contributed by atoms with Crippen molar-refractivity contribution in [2.45, 2.75) is 38.1 Å². The van der Waals surface area contributed by atoms with Gasteiger partial charge in [-0.15, -0.1) is 0 Å². The maximum absolute atomic E-state index is 9.43. The molecule has 0 aromatic carbocycles. The Bertz CT molecular complexity index is 593. The highest BCUT2D eigenvalue weighted by atomic mass is 16.3. The molecule has 1 aliphatic rings. The van der Waals surface area contributed by atoms with Crippen molar-refractivity contribution in [3.63, 3.8) is 0 Å². The maximum Gasteiger partial charge on any atom is 0.241 e. The van der Waals surface area contributed by atoms with Crippen LogP contribution in [-0.2, 0) is 0 Å². The summed E-state index contributed by atoms with van der Waals surface area (Å²) in [5.41, 5.74) is 3.14. The number of anilines is 2. The molecule has 0 unspecified atom stereocenters. The number of fused-ring (bicyclic) bond motifs is 1. The molecule has 0 spiro atoms. The first-order valence-corrected chi connectivity index (χ1v) is 7.38. The number of nitrogens with one attached hydrogen (secondary N) is 2. The fourth-order valence-electron chi connectivity index (χ4n) is 3.06. The van der Waals surface area contributed by atoms with E-state index in [1.807, 2.05) is 0 Å². The van der Waals surface area contributed by atoms with Crippen LogP contribution in [0.4, 0.5) is 11.8 Å². The van der Waals surface area contributed by atoms with Gasteiger partial charge in [0, 0.05) is 12.6 Å². The maximum atomic E-state index is 9.43. The fraction of sp³-hybridized carbons (Fsp3) is 0.615. The van der Waals surface area contributed by atoms with Crippen LogP contribution in [0.5, 0.6) is 0 Å². The second-order valence-corrected chi connectivity index (χ2v) is 5.36. The van der Waals surface area contributed by atoms with E-state index in [1.165, 1.54) is 19.3 Å². The van der Waals surface area contributed by atoms with Crippen LogP contribution in [0.3, 0.4) is 0 Å². The Labute approximate surface area is 122 Å². The molecule has 0 amide bonds. The molecule has 8 heteroatoms. The Morgan fingerprint density at radius 3 is 2.86 bits per heavy atom. The van der Waals surface area contributed by atoms with Crippen molar-refractivity contribution >= 4 is 22.8 Å². The first kappa shape index (κ1) is 14.0. The Kier molecular flexibility index (Phi) is 4.16. The molecule has 0 saturated heterocycles. The lowest BCUT2D eigenvalue weighted by Gasteiger charge is -2.35. The zero-order valence-electron chi connectivity index (χ0n) is 11.9. The standard InChI is InChI=1S/C13H21N7O/c14-18-13-16-11-10(8-15-19-11)12(17-13)20(6-7-21)9-4-2-1-3-5-9/h8-9,21H,1-7,14H2,(H2,15,16,17,18,19). The van der Waals surface area contributed by atoms with Crippen LogP contribution in [0.15, 0.2) is 6.20 Å². The summed E-state index contributed by atoms with van der Waals surface area (Å²) in [7, 11) is 0. The molecule has 0 aliphatic heterocycles. The van der Waals surface area contributed by atoms with Gasteiger partial charge in [-0.05, 0) is 12.8 Å². The van der Waals surface area contributed by atoms with Gasteiger partial charge in [0.15, 0.2) is 5.65 Å². The highest BCUT2D eigenvalue weighted by Gasteiger charge is 2.24. The lowest BCUT2D eigenvalue weighted by Crippen LogP contribution is -2.39. The molecule has 1 saturated carbocycles. The first-order chi connectivity index (χ1) is 10.3. The van der Waals surface area contributed by atoms with E-state index in [1.54, 1.807) is 6.20 Å². The fourth-order valence-corrected chi connectivity index (χ4v) is 3.06. The van der Waals surface area contributed by atoms with Crippen LogP contribution in [0.1, 0.15) is 32.1 Å². The molecule has 0 bridgehead atoms. The molecule has 1 aliphatic carbocycles. The first-order valence-electron chi connectivity index (χ1n) is 7.38. The summed E-state index contributed by atoms with van der Waals surface area (Å²) in [5, 5.41) is 17.2. The number of rotatable bonds is 5. The van der Waals surface area contributed by atoms with E-state index in [0.29, 0.717) is 24.2 Å². The molecule has 2 heterocycles. The summed E-state index contributed by atoms with van der Waals surface area (Å²) in [4.78, 5) is 10.9. The molecule has 114 valence electrons. The number of nitrogens with zero attached hydrogens (tertiary/aromatic N) is 4. The lowest BCUT2D eigenvalue weighted by molar-refractivity contribution is 0.289. The van der Waals surface area contributed by atoms with Gasteiger partial charge in [-0.25, -0.2) is 5.84 Å². The SMILES string of the molecule is NNc1nc(N(CCO)C2CCCCC2)c2cn[nH]c2n1. The summed E-state index contributed by atoms with van der Waals surface area (Å²) in [6.45, 7) is 0.636. The summed E-state index contributed by atoms with van der Waals surface area (Å²) >= 11 is 0. The predicted octanol–water partition coefficient (Wildman–Crippen LogP) is 0.770. The van der Waals surface area contributed by atoms with Gasteiger partial charge < -0.3 is 10.0 Å². The Balaban J connectivity index is 2.02. The van der Waals surface area contributed by atoms with Crippen molar-refractivity contribution in [3.05, 3.63) is 6.20 Å². The number of nitrogens with two attached hydrogens (primary N) is 1. The Hall–Kier alpha value is -1.93. The highest BCUT2D eigenvalue weighted by molar-refractivity contribution is 5.87. The van der Waals surface area contributed by atoms with Crippen molar-refractivity contribution in [1.29, 1.82) is 0 Å². The minimum Gasteiger partial charge on any atom is -0.395 e. The smallest absolute Gasteiger partial charge is 0.241 e. The van der Waals surface area contributed by atoms with Gasteiger partial charge in [-0.3, -0.25) is 10.5 Å². The topological polar surface area (TPSA) is 116 Å². The van der Waals surface area contributed by atoms with Gasteiger partial charge in [-0.2, -0.15) is 15.1 Å². The molecular weight excluding hydrogens is 270 g/mol. The molecular formula is C13H21N7O. The summed E-state index contributed by atoms with van der Waals surface area (Å²) in [5.74, 6) is 6.58. The molecule has 2 aromatic heterocycles. The third-order valence-corrected chi connectivity index (χ3v) is 4.05. The van der Waals surface area contributed by atoms with Gasteiger partial charge in [0.25, 0.3) is 0 Å². The molecule has 21 heavy (non-hydrogen) atoms. The van der Waals surface area contributed by atoms with E-state index in [4.69, 9.17) is 5.84 Å². The number of aliphatic hydroxyl groups is 1. The number of aliphatic hydroxyl groups excluding tert-OH is 1. The van der Waals surface area contributed by atoms with Gasteiger partial charge in [0.1, 0.15) is 5.82 Å². The van der Waals surface area contributed by atoms with Crippen molar-refractivity contribution < 1.29 is 5.11 Å². The van der Waals surface area contributed by atoms with E-state index in [2.05, 4.69) is 30.5 Å². The molecule has 8 nitrogen and oxygen atoms in total. The van der Waals surface area contributed by atoms with Crippen LogP contribution in [0, 0.1) is 0 Å². The van der Waals surface area contributed by atoms with Crippen LogP contribution < -0.4 is 16.2 Å². The van der Waals surface area contributed by atoms with E-state index < -0.39 is 0 Å². The van der Waals surface area contributed by atoms with E-state index in [-0.39, 0.29) is 6.61 Å². The van der Waals surface area contributed by atoms with Crippen molar-refractivity contribution in [3.8, 4) is 0 Å². The van der Waals surface area contributed by atoms with Gasteiger partial charge in [0.2, 0.25) is 5.95 Å². The summed E-state index contributed by atoms with van der Waals surface area (Å²) in [6.07, 6.45) is 7.67. The summed E-state index contributed by atoms with van der Waals surface area (Å²) in [6, 6.07) is 0.393. The van der Waals surface area contributed by atoms with E-state index in [0.717, 1.165) is 24.0 Å². The quantitative estimate of drug-likeness (QED) is 0.475. The van der Waals surface area contributed by atoms with Crippen molar-refractivity contribution in [2.75, 3.05) is 23.5 Å². The minimum absolute atomic E-state index is 0.0885. The second-order valence-electron chi connectivity index (χ2n) is 5.36. The minimum atomic E-state index is 0.0885. The largest absolute Gasteiger partial charge is 0.395 e. The van der Waals surface area contributed by atoms with Gasteiger partial charge in [-0.1, -0.05) is 19.3 Å².